The number of halogens is 2. The van der Waals surface area contributed by atoms with Crippen LogP contribution in [0.15, 0.2) is 60.5 Å². The maximum Gasteiger partial charge on any atom is 0.251 e. The largest absolute Gasteiger partial charge is 0.381 e. The molecule has 0 saturated carbocycles. The van der Waals surface area contributed by atoms with Crippen molar-refractivity contribution in [3.63, 3.8) is 0 Å². The van der Waals surface area contributed by atoms with Gasteiger partial charge in [0.1, 0.15) is 35.6 Å². The molecule has 0 fully saturated rings. The summed E-state index contributed by atoms with van der Waals surface area (Å²) >= 11 is 1.22. The van der Waals surface area contributed by atoms with Crippen molar-refractivity contribution in [1.29, 1.82) is 0 Å². The second kappa shape index (κ2) is 8.89. The van der Waals surface area contributed by atoms with E-state index in [9.17, 15) is 18.7 Å². The minimum absolute atomic E-state index is 0.173. The van der Waals surface area contributed by atoms with Gasteiger partial charge in [0.25, 0.3) is 5.91 Å². The smallest absolute Gasteiger partial charge is 0.251 e. The van der Waals surface area contributed by atoms with Gasteiger partial charge in [-0.15, -0.1) is 5.10 Å². The van der Waals surface area contributed by atoms with E-state index in [1.54, 1.807) is 29.6 Å². The minimum atomic E-state index is -1.94. The predicted octanol–water partition coefficient (Wildman–Crippen LogP) is 2.78. The number of hydrogen-bond donors (Lipinski definition) is 2. The van der Waals surface area contributed by atoms with Crippen molar-refractivity contribution in [3.05, 3.63) is 83.3 Å². The monoisotopic (exact) mass is 456 g/mol. The summed E-state index contributed by atoms with van der Waals surface area (Å²) in [5, 5.41) is 23.9. The summed E-state index contributed by atoms with van der Waals surface area (Å²) in [7, 11) is 0. The molecule has 0 unspecified atom stereocenters. The average Bonchev–Trinajstić information content (AvgIpc) is 3.48. The molecule has 2 aromatic heterocycles. The maximum absolute atomic E-state index is 14.6. The van der Waals surface area contributed by atoms with Crippen molar-refractivity contribution in [2.24, 2.45) is 0 Å². The quantitative estimate of drug-likeness (QED) is 0.443. The fourth-order valence-electron chi connectivity index (χ4n) is 3.34. The molecule has 4 aromatic rings. The van der Waals surface area contributed by atoms with Crippen LogP contribution in [0.3, 0.4) is 0 Å². The number of carbonyl (C=O) groups excluding carboxylic acids is 1. The van der Waals surface area contributed by atoms with Gasteiger partial charge in [-0.25, -0.2) is 18.4 Å². The first-order valence-corrected chi connectivity index (χ1v) is 10.4. The second-order valence-corrected chi connectivity index (χ2v) is 7.81. The molecule has 0 bridgehead atoms. The summed E-state index contributed by atoms with van der Waals surface area (Å²) in [4.78, 5) is 16.7. The maximum atomic E-state index is 14.6. The molecule has 0 aliphatic rings. The van der Waals surface area contributed by atoms with Gasteiger partial charge < -0.3 is 10.4 Å². The number of hydrogen-bond acceptors (Lipinski definition) is 7. The fourth-order valence-corrected chi connectivity index (χ4v) is 3.80. The van der Waals surface area contributed by atoms with E-state index < -0.39 is 29.2 Å². The van der Waals surface area contributed by atoms with Gasteiger partial charge in [0, 0.05) is 28.1 Å². The molecule has 0 spiro atoms. The van der Waals surface area contributed by atoms with Crippen molar-refractivity contribution < 1.29 is 18.7 Å². The van der Waals surface area contributed by atoms with E-state index in [0.29, 0.717) is 17.3 Å². The van der Waals surface area contributed by atoms with Crippen molar-refractivity contribution in [2.45, 2.75) is 25.1 Å². The molecule has 0 radical (unpaired) electrons. The van der Waals surface area contributed by atoms with Crippen LogP contribution in [0.25, 0.3) is 11.3 Å². The molecule has 32 heavy (non-hydrogen) atoms. The van der Waals surface area contributed by atoms with Crippen LogP contribution in [0.1, 0.15) is 22.8 Å². The van der Waals surface area contributed by atoms with E-state index >= 15 is 0 Å². The van der Waals surface area contributed by atoms with Crippen LogP contribution < -0.4 is 5.32 Å². The lowest BCUT2D eigenvalue weighted by Gasteiger charge is -2.35. The normalized spacial score (nSPS) is 14.0. The first kappa shape index (κ1) is 21.7. The summed E-state index contributed by atoms with van der Waals surface area (Å²) in [6.07, 6.45) is 2.62. The zero-order valence-electron chi connectivity index (χ0n) is 16.8. The molecule has 0 aliphatic carbocycles. The minimum Gasteiger partial charge on any atom is -0.381 e. The van der Waals surface area contributed by atoms with Crippen LogP contribution in [0, 0.1) is 11.6 Å². The van der Waals surface area contributed by atoms with Gasteiger partial charge in [-0.3, -0.25) is 4.79 Å². The van der Waals surface area contributed by atoms with Crippen LogP contribution in [0.2, 0.25) is 0 Å². The van der Waals surface area contributed by atoms with Crippen molar-refractivity contribution >= 4 is 17.4 Å². The van der Waals surface area contributed by atoms with Gasteiger partial charge >= 0.3 is 0 Å². The highest BCUT2D eigenvalue weighted by Crippen LogP contribution is 2.30. The molecule has 2 atom stereocenters. The standard InChI is InChI=1S/C21H18F2N6O2S/c1-13(26-20(30)15-4-2-14(3-5-15)19-9-32-28-27-19)21(31,10-29-12-24-11-25-29)17-7-6-16(22)8-18(17)23/h2-9,11-13,31H,10H2,1H3,(H,26,30)/t13-,21-/m1/s1. The number of rotatable bonds is 7. The van der Waals surface area contributed by atoms with E-state index in [-0.39, 0.29) is 12.1 Å². The van der Waals surface area contributed by atoms with Gasteiger partial charge in [-0.2, -0.15) is 5.10 Å². The number of carbonyl (C=O) groups is 1. The molecular formula is C21H18F2N6O2S. The van der Waals surface area contributed by atoms with Crippen LogP contribution in [-0.4, -0.2) is 41.4 Å². The Kier molecular flexibility index (Phi) is 6.01. The SMILES string of the molecule is C[C@@H](NC(=O)c1ccc(-c2csnn2)cc1)[C@](O)(Cn1cncn1)c1ccc(F)cc1F. The Bertz CT molecular complexity index is 1200. The summed E-state index contributed by atoms with van der Waals surface area (Å²) < 4.78 is 33.2. The van der Waals surface area contributed by atoms with Crippen molar-refractivity contribution in [1.82, 2.24) is 29.7 Å². The van der Waals surface area contributed by atoms with E-state index in [1.165, 1.54) is 35.8 Å². The number of benzene rings is 2. The van der Waals surface area contributed by atoms with Gasteiger partial charge in [0.05, 0.1) is 12.6 Å². The molecule has 1 amide bonds. The zero-order chi connectivity index (χ0) is 22.7. The lowest BCUT2D eigenvalue weighted by atomic mass is 9.86. The summed E-state index contributed by atoms with van der Waals surface area (Å²) in [5.74, 6) is -2.18. The summed E-state index contributed by atoms with van der Waals surface area (Å²) in [5.41, 5.74) is -0.267. The Labute approximate surface area is 185 Å². The highest BCUT2D eigenvalue weighted by molar-refractivity contribution is 7.03. The number of aromatic nitrogens is 5. The number of nitrogens with one attached hydrogen (secondary N) is 1. The molecule has 11 heteroatoms. The van der Waals surface area contributed by atoms with E-state index in [0.717, 1.165) is 17.7 Å². The van der Waals surface area contributed by atoms with Gasteiger partial charge in [0.15, 0.2) is 0 Å². The fraction of sp³-hybridized carbons (Fsp3) is 0.190. The predicted molar refractivity (Wildman–Crippen MR) is 113 cm³/mol. The third kappa shape index (κ3) is 4.39. The van der Waals surface area contributed by atoms with Gasteiger partial charge in [0.2, 0.25) is 0 Å². The molecule has 8 nitrogen and oxygen atoms in total. The lowest BCUT2D eigenvalue weighted by molar-refractivity contribution is -0.0186. The Morgan fingerprint density at radius 1 is 1.25 bits per heavy atom. The van der Waals surface area contributed by atoms with E-state index in [2.05, 4.69) is 25.0 Å². The lowest BCUT2D eigenvalue weighted by Crippen LogP contribution is -2.51. The number of nitrogens with zero attached hydrogens (tertiary/aromatic N) is 5. The Morgan fingerprint density at radius 3 is 2.66 bits per heavy atom. The molecule has 0 aliphatic heterocycles. The molecule has 164 valence electrons. The molecule has 0 saturated heterocycles. The second-order valence-electron chi connectivity index (χ2n) is 7.20. The molecule has 2 aromatic carbocycles. The van der Waals surface area contributed by atoms with Crippen molar-refractivity contribution in [3.8, 4) is 11.3 Å². The van der Waals surface area contributed by atoms with Crippen LogP contribution in [0.5, 0.6) is 0 Å². The molecule has 2 heterocycles. The average molecular weight is 456 g/mol. The number of aliphatic hydroxyl groups is 1. The van der Waals surface area contributed by atoms with E-state index in [1.807, 2.05) is 0 Å². The highest BCUT2D eigenvalue weighted by Gasteiger charge is 2.40. The first-order chi connectivity index (χ1) is 15.4. The Balaban J connectivity index is 1.59. The van der Waals surface area contributed by atoms with Crippen LogP contribution in [0.4, 0.5) is 8.78 Å². The van der Waals surface area contributed by atoms with Gasteiger partial charge in [-0.1, -0.05) is 22.7 Å². The van der Waals surface area contributed by atoms with Gasteiger partial charge in [-0.05, 0) is 36.7 Å². The summed E-state index contributed by atoms with van der Waals surface area (Å²) in [6, 6.07) is 8.61. The number of amides is 1. The van der Waals surface area contributed by atoms with E-state index in [4.69, 9.17) is 0 Å². The summed E-state index contributed by atoms with van der Waals surface area (Å²) in [6.45, 7) is 1.32. The van der Waals surface area contributed by atoms with Crippen molar-refractivity contribution in [2.75, 3.05) is 0 Å². The first-order valence-electron chi connectivity index (χ1n) is 9.55. The van der Waals surface area contributed by atoms with Crippen LogP contribution in [-0.2, 0) is 12.1 Å². The molecule has 4 rings (SSSR count). The third-order valence-electron chi connectivity index (χ3n) is 5.13. The molecular weight excluding hydrogens is 438 g/mol. The van der Waals surface area contributed by atoms with Crippen LogP contribution >= 0.6 is 11.5 Å². The Hall–Kier alpha value is -3.57. The topological polar surface area (TPSA) is 106 Å². The highest BCUT2D eigenvalue weighted by atomic mass is 32.1. The third-order valence-corrected chi connectivity index (χ3v) is 5.64. The Morgan fingerprint density at radius 2 is 2.03 bits per heavy atom. The molecule has 2 N–H and O–H groups in total. The zero-order valence-corrected chi connectivity index (χ0v) is 17.6.